The zero-order chi connectivity index (χ0) is 35.2. The molecule has 15 heteroatoms. The SMILES string of the molecule is CCOC(=O)c1nnc(C)o1.Cc1nnc(C(=O)Nc2ccc(Cc3cccc(Cl)c3)cn2)o1.Nc1ccc(Cc2cccc(Cl)c2)cn1. The Hall–Kier alpha value is -5.66. The van der Waals surface area contributed by atoms with Crippen LogP contribution < -0.4 is 11.1 Å². The maximum absolute atomic E-state index is 11.9. The molecule has 0 atom stereocenters. The normalized spacial score (nSPS) is 10.2. The highest BCUT2D eigenvalue weighted by molar-refractivity contribution is 6.30. The summed E-state index contributed by atoms with van der Waals surface area (Å²) < 4.78 is 14.5. The maximum Gasteiger partial charge on any atom is 0.396 e. The zero-order valence-electron chi connectivity index (χ0n) is 26.8. The number of carbonyl (C=O) groups excluding carboxylic acids is 2. The van der Waals surface area contributed by atoms with Crippen molar-refractivity contribution in [1.29, 1.82) is 0 Å². The van der Waals surface area contributed by atoms with Gasteiger partial charge in [-0.2, -0.15) is 0 Å². The molecule has 0 saturated carbocycles. The molecule has 6 rings (SSSR count). The van der Waals surface area contributed by atoms with E-state index in [1.807, 2.05) is 60.7 Å². The average Bonchev–Trinajstić information content (AvgIpc) is 3.72. The van der Waals surface area contributed by atoms with Gasteiger partial charge in [0, 0.05) is 36.3 Å². The molecule has 0 bridgehead atoms. The van der Waals surface area contributed by atoms with Crippen LogP contribution in [0, 0.1) is 13.8 Å². The number of nitrogens with two attached hydrogens (primary N) is 1. The molecule has 0 saturated heterocycles. The first kappa shape index (κ1) is 36.2. The van der Waals surface area contributed by atoms with E-state index < -0.39 is 11.9 Å². The van der Waals surface area contributed by atoms with Crippen molar-refractivity contribution in [1.82, 2.24) is 30.4 Å². The van der Waals surface area contributed by atoms with E-state index >= 15 is 0 Å². The second kappa shape index (κ2) is 18.0. The van der Waals surface area contributed by atoms with Gasteiger partial charge in [0.05, 0.1) is 6.61 Å². The number of esters is 1. The van der Waals surface area contributed by atoms with Crippen LogP contribution in [0.5, 0.6) is 0 Å². The molecule has 0 aliphatic carbocycles. The number of aryl methyl sites for hydroxylation is 2. The first-order chi connectivity index (χ1) is 23.6. The van der Waals surface area contributed by atoms with Crippen LogP contribution in [0.2, 0.25) is 10.0 Å². The van der Waals surface area contributed by atoms with E-state index in [9.17, 15) is 9.59 Å². The van der Waals surface area contributed by atoms with Crippen LogP contribution in [0.25, 0.3) is 0 Å². The molecule has 13 nitrogen and oxygen atoms in total. The lowest BCUT2D eigenvalue weighted by atomic mass is 10.1. The molecule has 0 aliphatic heterocycles. The minimum atomic E-state index is -0.576. The highest BCUT2D eigenvalue weighted by Crippen LogP contribution is 2.16. The second-order valence-electron chi connectivity index (χ2n) is 10.2. The van der Waals surface area contributed by atoms with Crippen molar-refractivity contribution in [2.75, 3.05) is 17.7 Å². The summed E-state index contributed by atoms with van der Waals surface area (Å²) in [6.07, 6.45) is 5.03. The Morgan fingerprint density at radius 2 is 1.29 bits per heavy atom. The lowest BCUT2D eigenvalue weighted by Gasteiger charge is -2.05. The van der Waals surface area contributed by atoms with Gasteiger partial charge in [0.15, 0.2) is 0 Å². The van der Waals surface area contributed by atoms with E-state index in [0.717, 1.165) is 28.1 Å². The summed E-state index contributed by atoms with van der Waals surface area (Å²) in [6, 6.07) is 22.9. The van der Waals surface area contributed by atoms with Crippen molar-refractivity contribution in [2.24, 2.45) is 0 Å². The number of hydrogen-bond acceptors (Lipinski definition) is 12. The number of aromatic nitrogens is 6. The molecule has 0 aliphatic rings. The van der Waals surface area contributed by atoms with Crippen molar-refractivity contribution >= 4 is 46.7 Å². The van der Waals surface area contributed by atoms with Gasteiger partial charge >= 0.3 is 23.7 Å². The van der Waals surface area contributed by atoms with Gasteiger partial charge in [-0.05, 0) is 78.4 Å². The zero-order valence-corrected chi connectivity index (χ0v) is 28.3. The number of benzene rings is 2. The van der Waals surface area contributed by atoms with E-state index in [2.05, 4.69) is 40.4 Å². The summed E-state index contributed by atoms with van der Waals surface area (Å²) in [5.41, 5.74) is 9.93. The Morgan fingerprint density at radius 3 is 1.73 bits per heavy atom. The largest absolute Gasteiger partial charge is 0.459 e. The predicted molar refractivity (Wildman–Crippen MR) is 183 cm³/mol. The number of nitrogen functional groups attached to an aromatic ring is 1. The van der Waals surface area contributed by atoms with Crippen LogP contribution in [-0.4, -0.2) is 48.8 Å². The standard InChI is InChI=1S/C16H13ClN4O2.C12H11ClN2.C6H8N2O3/c1-10-20-21-16(23-10)15(22)19-14-6-5-12(9-18-14)7-11-3-2-4-13(17)8-11;13-11-3-1-2-9(7-11)6-10-4-5-12(14)15-8-10;1-3-10-6(9)5-8-7-4(2)11-5/h2-6,8-9H,7H2,1H3,(H,18,19,22);1-5,7-8H,6H2,(H2,14,15);3H2,1-2H3. The third-order valence-corrected chi connectivity index (χ3v) is 6.68. The Labute approximate surface area is 291 Å². The summed E-state index contributed by atoms with van der Waals surface area (Å²) in [5.74, 6) is 0.406. The van der Waals surface area contributed by atoms with Crippen LogP contribution in [0.15, 0.2) is 94.0 Å². The highest BCUT2D eigenvalue weighted by atomic mass is 35.5. The molecule has 0 spiro atoms. The van der Waals surface area contributed by atoms with Crippen LogP contribution in [0.3, 0.4) is 0 Å². The second-order valence-corrected chi connectivity index (χ2v) is 11.1. The molecular formula is C34H32Cl2N8O5. The van der Waals surface area contributed by atoms with Crippen LogP contribution in [-0.2, 0) is 17.6 Å². The van der Waals surface area contributed by atoms with Crippen LogP contribution in [0.1, 0.15) is 62.3 Å². The number of nitrogens with one attached hydrogen (secondary N) is 1. The van der Waals surface area contributed by atoms with Gasteiger partial charge in [-0.15, -0.1) is 20.4 Å². The number of nitrogens with zero attached hydrogens (tertiary/aromatic N) is 6. The quantitative estimate of drug-likeness (QED) is 0.160. The molecule has 0 unspecified atom stereocenters. The number of pyridine rings is 2. The van der Waals surface area contributed by atoms with Crippen molar-refractivity contribution in [2.45, 2.75) is 33.6 Å². The summed E-state index contributed by atoms with van der Waals surface area (Å²) >= 11 is 11.9. The number of hydrogen-bond donors (Lipinski definition) is 2. The van der Waals surface area contributed by atoms with E-state index in [0.29, 0.717) is 41.5 Å². The topological polar surface area (TPSA) is 185 Å². The number of amides is 1. The third-order valence-electron chi connectivity index (χ3n) is 6.20. The van der Waals surface area contributed by atoms with E-state index in [-0.39, 0.29) is 11.8 Å². The molecular weight excluding hydrogens is 671 g/mol. The molecule has 6 aromatic rings. The Morgan fingerprint density at radius 1 is 0.735 bits per heavy atom. The first-order valence-electron chi connectivity index (χ1n) is 14.8. The Balaban J connectivity index is 0.000000179. The Bertz CT molecular complexity index is 1960. The van der Waals surface area contributed by atoms with Gasteiger partial charge in [-0.3, -0.25) is 4.79 Å². The third kappa shape index (κ3) is 12.1. The van der Waals surface area contributed by atoms with Crippen LogP contribution >= 0.6 is 23.2 Å². The summed E-state index contributed by atoms with van der Waals surface area (Å²) in [7, 11) is 0. The molecule has 3 N–H and O–H groups in total. The Kier molecular flexibility index (Phi) is 13.3. The van der Waals surface area contributed by atoms with Gasteiger partial charge in [-0.1, -0.05) is 59.6 Å². The van der Waals surface area contributed by atoms with E-state index in [1.54, 1.807) is 45.3 Å². The molecule has 1 amide bonds. The molecule has 49 heavy (non-hydrogen) atoms. The molecule has 252 valence electrons. The smallest absolute Gasteiger partial charge is 0.396 e. The summed E-state index contributed by atoms with van der Waals surface area (Å²) in [5, 5.41) is 18.3. The van der Waals surface area contributed by atoms with Gasteiger partial charge in [0.1, 0.15) is 11.6 Å². The minimum absolute atomic E-state index is 0.0905. The van der Waals surface area contributed by atoms with Crippen molar-refractivity contribution in [3.63, 3.8) is 0 Å². The molecule has 4 aromatic heterocycles. The fourth-order valence-electron chi connectivity index (χ4n) is 4.04. The highest BCUT2D eigenvalue weighted by Gasteiger charge is 2.14. The first-order valence-corrected chi connectivity index (χ1v) is 15.6. The summed E-state index contributed by atoms with van der Waals surface area (Å²) in [4.78, 5) is 31.0. The average molecular weight is 704 g/mol. The van der Waals surface area contributed by atoms with Gasteiger partial charge in [0.25, 0.3) is 0 Å². The van der Waals surface area contributed by atoms with E-state index in [1.165, 1.54) is 5.56 Å². The van der Waals surface area contributed by atoms with E-state index in [4.69, 9.17) is 37.8 Å². The minimum Gasteiger partial charge on any atom is -0.459 e. The summed E-state index contributed by atoms with van der Waals surface area (Å²) in [6.45, 7) is 5.24. The van der Waals surface area contributed by atoms with Crippen molar-refractivity contribution < 1.29 is 23.2 Å². The predicted octanol–water partition coefficient (Wildman–Crippen LogP) is 6.73. The molecule has 4 heterocycles. The monoisotopic (exact) mass is 702 g/mol. The number of rotatable bonds is 8. The number of carbonyl (C=O) groups is 2. The maximum atomic E-state index is 11.9. The molecule has 2 aromatic carbocycles. The lowest BCUT2D eigenvalue weighted by Crippen LogP contribution is -2.13. The number of halogens is 2. The van der Waals surface area contributed by atoms with Gasteiger partial charge in [0.2, 0.25) is 11.8 Å². The van der Waals surface area contributed by atoms with Crippen molar-refractivity contribution in [3.8, 4) is 0 Å². The van der Waals surface area contributed by atoms with Gasteiger partial charge < -0.3 is 24.6 Å². The van der Waals surface area contributed by atoms with Gasteiger partial charge in [-0.25, -0.2) is 14.8 Å². The van der Waals surface area contributed by atoms with Crippen LogP contribution in [0.4, 0.5) is 11.6 Å². The lowest BCUT2D eigenvalue weighted by molar-refractivity contribution is 0.0479. The molecule has 0 radical (unpaired) electrons. The van der Waals surface area contributed by atoms with Crippen molar-refractivity contribution in [3.05, 3.63) is 141 Å². The molecule has 0 fully saturated rings. The number of anilines is 2. The fraction of sp³-hybridized carbons (Fsp3) is 0.176. The fourth-order valence-corrected chi connectivity index (χ4v) is 4.46. The number of ether oxygens (including phenoxy) is 1.